The fourth-order valence-electron chi connectivity index (χ4n) is 8.77. The third-order valence-electron chi connectivity index (χ3n) is 12.4. The van der Waals surface area contributed by atoms with Gasteiger partial charge in [-0.25, -0.2) is 26.8 Å². The third-order valence-corrected chi connectivity index (χ3v) is 18.4. The van der Waals surface area contributed by atoms with Gasteiger partial charge in [-0.3, -0.25) is 28.7 Å². The maximum Gasteiger partial charge on any atom is 0.354 e. The molecular formula is C51H74N6O12P2S2. The topological polar surface area (TPSA) is 249 Å². The van der Waals surface area contributed by atoms with Crippen LogP contribution in [0.5, 0.6) is 0 Å². The molecule has 0 radical (unpaired) electrons. The predicted molar refractivity (Wildman–Crippen MR) is 285 cm³/mol. The second-order valence-electron chi connectivity index (χ2n) is 17.9. The molecule has 6 rings (SSSR count). The van der Waals surface area contributed by atoms with Gasteiger partial charge in [-0.2, -0.15) is 0 Å². The van der Waals surface area contributed by atoms with Gasteiger partial charge in [0.2, 0.25) is 11.8 Å². The average molecular weight is 1090 g/mol. The predicted octanol–water partition coefficient (Wildman–Crippen LogP) is 11.0. The number of hydrogen-bond donors (Lipinski definition) is 2. The van der Waals surface area contributed by atoms with Crippen molar-refractivity contribution in [2.75, 3.05) is 55.7 Å². The number of rotatable bonds is 25. The zero-order valence-electron chi connectivity index (χ0n) is 42.1. The van der Waals surface area contributed by atoms with Gasteiger partial charge >= 0.3 is 15.2 Å². The van der Waals surface area contributed by atoms with Crippen LogP contribution in [0, 0.1) is 11.8 Å². The quantitative estimate of drug-likeness (QED) is 0.0585. The molecule has 0 aliphatic heterocycles. The van der Waals surface area contributed by atoms with E-state index in [0.29, 0.717) is 67.3 Å². The molecule has 0 spiro atoms. The normalized spacial score (nSPS) is 15.5. The summed E-state index contributed by atoms with van der Waals surface area (Å²) in [6.45, 7) is 8.09. The van der Waals surface area contributed by atoms with E-state index in [1.54, 1.807) is 82.4 Å². The molecule has 2 atom stereocenters. The lowest BCUT2D eigenvalue weighted by Gasteiger charge is -2.21. The van der Waals surface area contributed by atoms with Crippen molar-refractivity contribution in [3.63, 3.8) is 0 Å². The number of benzene rings is 2. The molecule has 2 fully saturated rings. The van der Waals surface area contributed by atoms with Crippen molar-refractivity contribution in [1.82, 2.24) is 19.9 Å². The van der Waals surface area contributed by atoms with E-state index in [0.717, 1.165) is 55.9 Å². The first kappa shape index (κ1) is 61.0. The highest BCUT2D eigenvalue weighted by atomic mass is 32.2. The summed E-state index contributed by atoms with van der Waals surface area (Å²) in [4.78, 5) is 44.2. The Balaban J connectivity index is 0.000000312. The Morgan fingerprint density at radius 3 is 1.38 bits per heavy atom. The second-order valence-corrected chi connectivity index (χ2v) is 26.0. The molecule has 73 heavy (non-hydrogen) atoms. The van der Waals surface area contributed by atoms with Crippen molar-refractivity contribution in [2.45, 2.75) is 127 Å². The van der Waals surface area contributed by atoms with Crippen LogP contribution in [0.2, 0.25) is 0 Å². The molecule has 22 heteroatoms. The molecule has 18 nitrogen and oxygen atoms in total. The van der Waals surface area contributed by atoms with Gasteiger partial charge in [-0.1, -0.05) is 83.1 Å². The standard InChI is InChI=1S/C25H36N3O6PS.C25H34N3O6PS.CH4/c2*1-4-33-35(30,34-5-2)15-14-21-17-27-24(18-26-21)28-25(29)23(16-19-8-6-7-9-19)20-10-12-22(13-11-20)36(3,31)32;/h10-13,17-19,23H,4-9,14-16H2,1-3H3,(H,27,28,29);10-15,17-19,23H,4-9,16H2,1-3H3,(H,27,28,29);1H4/b;15-14+;/t2*23-;/m11./s1. The molecule has 2 aliphatic carbocycles. The van der Waals surface area contributed by atoms with E-state index in [1.165, 1.54) is 49.6 Å². The van der Waals surface area contributed by atoms with Crippen LogP contribution in [-0.2, 0) is 62.9 Å². The van der Waals surface area contributed by atoms with Gasteiger partial charge in [-0.15, -0.1) is 0 Å². The van der Waals surface area contributed by atoms with Crippen LogP contribution in [-0.4, -0.2) is 93.7 Å². The lowest BCUT2D eigenvalue weighted by atomic mass is 9.87. The summed E-state index contributed by atoms with van der Waals surface area (Å²) in [5.74, 6) is 1.58. The number of carbonyl (C=O) groups is 2. The van der Waals surface area contributed by atoms with E-state index < -0.39 is 46.7 Å². The van der Waals surface area contributed by atoms with Crippen LogP contribution < -0.4 is 10.6 Å². The zero-order chi connectivity index (χ0) is 52.4. The fraction of sp³-hybridized carbons (Fsp3) is 0.529. The summed E-state index contributed by atoms with van der Waals surface area (Å²) in [6.07, 6.45) is 20.7. The number of aromatic nitrogens is 4. The molecule has 0 unspecified atom stereocenters. The lowest BCUT2D eigenvalue weighted by molar-refractivity contribution is -0.118. The average Bonchev–Trinajstić information content (AvgIpc) is 4.08. The van der Waals surface area contributed by atoms with Crippen LogP contribution in [0.3, 0.4) is 0 Å². The Hall–Kier alpha value is -4.52. The fourth-order valence-corrected chi connectivity index (χ4v) is 13.0. The van der Waals surface area contributed by atoms with Crippen molar-refractivity contribution in [2.24, 2.45) is 11.8 Å². The number of nitrogens with one attached hydrogen (secondary N) is 2. The SMILES string of the molecule is C.CCOP(=O)(/C=C/c1cnc(NC(=O)[C@H](CC2CCCC2)c2ccc(S(C)(=O)=O)cc2)cn1)OCC.CCOP(=O)(CCc1cnc(NC(=O)[C@H](CC2CCCC2)c2ccc(S(C)(=O)=O)cc2)cn1)OCC. The molecule has 2 saturated carbocycles. The van der Waals surface area contributed by atoms with Crippen LogP contribution in [0.15, 0.2) is 88.9 Å². The van der Waals surface area contributed by atoms with E-state index in [9.17, 15) is 35.6 Å². The largest absolute Gasteiger partial charge is 0.354 e. The third kappa shape index (κ3) is 19.6. The minimum atomic E-state index is -3.35. The summed E-state index contributed by atoms with van der Waals surface area (Å²) in [5.41, 5.74) is 2.60. The molecule has 2 aliphatic rings. The van der Waals surface area contributed by atoms with E-state index in [-0.39, 0.29) is 48.4 Å². The molecule has 0 bridgehead atoms. The van der Waals surface area contributed by atoms with Crippen molar-refractivity contribution in [1.29, 1.82) is 0 Å². The molecule has 2 aromatic heterocycles. The number of sulfone groups is 2. The molecule has 402 valence electrons. The highest BCUT2D eigenvalue weighted by Crippen LogP contribution is 2.50. The van der Waals surface area contributed by atoms with Gasteiger partial charge in [0.25, 0.3) is 0 Å². The molecular weight excluding hydrogens is 1010 g/mol. The summed E-state index contributed by atoms with van der Waals surface area (Å²) in [6, 6.07) is 13.1. The van der Waals surface area contributed by atoms with Crippen molar-refractivity contribution in [3.8, 4) is 0 Å². The van der Waals surface area contributed by atoms with Crippen LogP contribution >= 0.6 is 15.2 Å². The number of hydrogen-bond acceptors (Lipinski definition) is 16. The van der Waals surface area contributed by atoms with Gasteiger partial charge in [0.15, 0.2) is 31.3 Å². The van der Waals surface area contributed by atoms with E-state index in [2.05, 4.69) is 30.6 Å². The maximum atomic E-state index is 13.3. The van der Waals surface area contributed by atoms with Crippen LogP contribution in [0.25, 0.3) is 6.08 Å². The number of amides is 2. The Kier molecular flexibility index (Phi) is 24.2. The van der Waals surface area contributed by atoms with Crippen molar-refractivity contribution in [3.05, 3.63) is 102 Å². The minimum absolute atomic E-state index is 0. The van der Waals surface area contributed by atoms with Crippen LogP contribution in [0.4, 0.5) is 11.6 Å². The van der Waals surface area contributed by atoms with Gasteiger partial charge in [0, 0.05) is 24.7 Å². The van der Waals surface area contributed by atoms with Gasteiger partial charge in [-0.05, 0) is 93.8 Å². The van der Waals surface area contributed by atoms with Gasteiger partial charge in [0.05, 0.1) is 90.4 Å². The highest BCUT2D eigenvalue weighted by Gasteiger charge is 2.30. The molecule has 2 amide bonds. The van der Waals surface area contributed by atoms with E-state index in [4.69, 9.17) is 18.1 Å². The van der Waals surface area contributed by atoms with E-state index >= 15 is 0 Å². The van der Waals surface area contributed by atoms with Gasteiger partial charge in [0.1, 0.15) is 0 Å². The Morgan fingerprint density at radius 2 is 1.03 bits per heavy atom. The number of aryl methyl sites for hydroxylation is 1. The Labute approximate surface area is 432 Å². The number of carbonyl (C=O) groups excluding carboxylic acids is 2. The molecule has 2 aromatic carbocycles. The molecule has 4 aromatic rings. The zero-order valence-corrected chi connectivity index (χ0v) is 45.5. The van der Waals surface area contributed by atoms with E-state index in [1.807, 2.05) is 0 Å². The molecule has 2 N–H and O–H groups in total. The Bertz CT molecular complexity index is 2700. The molecule has 0 saturated heterocycles. The monoisotopic (exact) mass is 1090 g/mol. The number of nitrogens with zero attached hydrogens (tertiary/aromatic N) is 4. The summed E-state index contributed by atoms with van der Waals surface area (Å²) < 4.78 is 93.6. The highest BCUT2D eigenvalue weighted by molar-refractivity contribution is 7.91. The summed E-state index contributed by atoms with van der Waals surface area (Å²) in [5, 5.41) is 5.70. The smallest absolute Gasteiger partial charge is 0.309 e. The maximum absolute atomic E-state index is 13.3. The first-order valence-corrected chi connectivity index (χ1v) is 31.7. The van der Waals surface area contributed by atoms with Gasteiger partial charge < -0.3 is 28.7 Å². The first-order valence-electron chi connectivity index (χ1n) is 24.6. The summed E-state index contributed by atoms with van der Waals surface area (Å²) in [7, 11) is -13.2. The minimum Gasteiger partial charge on any atom is -0.309 e. The van der Waals surface area contributed by atoms with Crippen molar-refractivity contribution < 1.29 is 53.6 Å². The lowest BCUT2D eigenvalue weighted by Crippen LogP contribution is -2.24. The van der Waals surface area contributed by atoms with Crippen molar-refractivity contribution >= 4 is 64.4 Å². The second kappa shape index (κ2) is 29.0. The number of anilines is 2. The first-order chi connectivity index (χ1) is 34.3. The van der Waals surface area contributed by atoms with Crippen LogP contribution in [0.1, 0.15) is 134 Å². The Morgan fingerprint density at radius 1 is 0.616 bits per heavy atom. The summed E-state index contributed by atoms with van der Waals surface area (Å²) >= 11 is 0. The molecule has 2 heterocycles.